The lowest BCUT2D eigenvalue weighted by Gasteiger charge is -1.98. The van der Waals surface area contributed by atoms with Crippen LogP contribution in [0.25, 0.3) is 10.2 Å². The minimum atomic E-state index is 0.0148. The number of benzene rings is 1. The zero-order valence-corrected chi connectivity index (χ0v) is 11.4. The molecule has 0 aliphatic carbocycles. The van der Waals surface area contributed by atoms with E-state index in [0.717, 1.165) is 28.8 Å². The molecule has 0 atom stereocenters. The van der Waals surface area contributed by atoms with Gasteiger partial charge in [-0.3, -0.25) is 4.79 Å². The van der Waals surface area contributed by atoms with Crippen LogP contribution in [0.1, 0.15) is 26.2 Å². The van der Waals surface area contributed by atoms with Crippen LogP contribution in [0.2, 0.25) is 0 Å². The first-order valence-electron chi connectivity index (χ1n) is 6.26. The topological polar surface area (TPSA) is 60.5 Å². The molecule has 0 saturated carbocycles. The zero-order chi connectivity index (χ0) is 13.2. The number of fused-ring (bicyclic) bond motifs is 2. The third-order valence-corrected chi connectivity index (χ3v) is 3.82. The van der Waals surface area contributed by atoms with Crippen molar-refractivity contribution in [1.82, 2.24) is 4.98 Å². The molecule has 2 heterocycles. The highest BCUT2D eigenvalue weighted by Gasteiger charge is 2.17. The summed E-state index contributed by atoms with van der Waals surface area (Å²) in [7, 11) is 0. The summed E-state index contributed by atoms with van der Waals surface area (Å²) >= 11 is 1.45. The second kappa shape index (κ2) is 5.05. The summed E-state index contributed by atoms with van der Waals surface area (Å²) in [6, 6.07) is 3.74. The van der Waals surface area contributed by atoms with Crippen LogP contribution >= 0.6 is 11.3 Å². The summed E-state index contributed by atoms with van der Waals surface area (Å²) in [6.07, 6.45) is 2.44. The number of carbonyl (C=O) groups is 1. The first kappa shape index (κ1) is 12.2. The summed E-state index contributed by atoms with van der Waals surface area (Å²) < 4.78 is 11.6. The van der Waals surface area contributed by atoms with Gasteiger partial charge in [-0.15, -0.1) is 0 Å². The average molecular weight is 278 g/mol. The average Bonchev–Trinajstić information content (AvgIpc) is 2.98. The lowest BCUT2D eigenvalue weighted by Crippen LogP contribution is -2.10. The molecule has 3 rings (SSSR count). The van der Waals surface area contributed by atoms with Gasteiger partial charge in [0, 0.05) is 18.6 Å². The summed E-state index contributed by atoms with van der Waals surface area (Å²) in [5, 5.41) is 3.45. The SMILES string of the molecule is CCCCC(=O)Nc1nc2cc3c(cc2s1)OCO3. The number of hydrogen-bond donors (Lipinski definition) is 1. The van der Waals surface area contributed by atoms with E-state index in [9.17, 15) is 4.79 Å². The van der Waals surface area contributed by atoms with Crippen molar-refractivity contribution < 1.29 is 14.3 Å². The molecule has 1 aliphatic rings. The molecule has 1 aromatic heterocycles. The van der Waals surface area contributed by atoms with E-state index in [0.29, 0.717) is 17.3 Å². The number of carbonyl (C=O) groups excluding carboxylic acids is 1. The Balaban J connectivity index is 1.80. The molecule has 1 aliphatic heterocycles. The molecule has 0 radical (unpaired) electrons. The van der Waals surface area contributed by atoms with Crippen LogP contribution < -0.4 is 14.8 Å². The number of unbranched alkanes of at least 4 members (excludes halogenated alkanes) is 1. The van der Waals surface area contributed by atoms with Crippen molar-refractivity contribution in [2.45, 2.75) is 26.2 Å². The molecule has 0 fully saturated rings. The van der Waals surface area contributed by atoms with Crippen molar-refractivity contribution in [2.24, 2.45) is 0 Å². The molecule has 6 heteroatoms. The number of ether oxygens (including phenoxy) is 2. The summed E-state index contributed by atoms with van der Waals surface area (Å²) in [5.41, 5.74) is 0.819. The summed E-state index contributed by atoms with van der Waals surface area (Å²) in [4.78, 5) is 16.0. The molecule has 19 heavy (non-hydrogen) atoms. The van der Waals surface area contributed by atoms with Crippen molar-refractivity contribution >= 4 is 32.6 Å². The first-order valence-corrected chi connectivity index (χ1v) is 7.08. The van der Waals surface area contributed by atoms with Crippen molar-refractivity contribution in [2.75, 3.05) is 12.1 Å². The van der Waals surface area contributed by atoms with E-state index in [1.807, 2.05) is 12.1 Å². The predicted molar refractivity (Wildman–Crippen MR) is 73.9 cm³/mol. The lowest BCUT2D eigenvalue weighted by atomic mass is 10.2. The number of thiazole rings is 1. The van der Waals surface area contributed by atoms with E-state index in [-0.39, 0.29) is 12.7 Å². The Kier molecular flexibility index (Phi) is 3.25. The lowest BCUT2D eigenvalue weighted by molar-refractivity contribution is -0.116. The quantitative estimate of drug-likeness (QED) is 0.933. The molecule has 0 unspecified atom stereocenters. The number of nitrogens with zero attached hydrogens (tertiary/aromatic N) is 1. The molecular formula is C13H14N2O3S. The van der Waals surface area contributed by atoms with Crippen LogP contribution in [-0.2, 0) is 4.79 Å². The predicted octanol–water partition coefficient (Wildman–Crippen LogP) is 3.15. The fourth-order valence-electron chi connectivity index (χ4n) is 1.89. The Labute approximate surface area is 114 Å². The van der Waals surface area contributed by atoms with Gasteiger partial charge < -0.3 is 14.8 Å². The maximum Gasteiger partial charge on any atom is 0.231 e. The Morgan fingerprint density at radius 3 is 3.00 bits per heavy atom. The summed E-state index contributed by atoms with van der Waals surface area (Å²) in [5.74, 6) is 1.46. The maximum atomic E-state index is 11.7. The summed E-state index contributed by atoms with van der Waals surface area (Å²) in [6.45, 7) is 2.32. The van der Waals surface area contributed by atoms with Gasteiger partial charge in [-0.1, -0.05) is 24.7 Å². The van der Waals surface area contributed by atoms with Crippen molar-refractivity contribution in [3.05, 3.63) is 12.1 Å². The number of rotatable bonds is 4. The Morgan fingerprint density at radius 1 is 1.42 bits per heavy atom. The van der Waals surface area contributed by atoms with Gasteiger partial charge in [-0.2, -0.15) is 0 Å². The van der Waals surface area contributed by atoms with E-state index in [1.54, 1.807) is 0 Å². The van der Waals surface area contributed by atoms with Crippen molar-refractivity contribution in [1.29, 1.82) is 0 Å². The van der Waals surface area contributed by atoms with Crippen LogP contribution in [0.5, 0.6) is 11.5 Å². The van der Waals surface area contributed by atoms with Crippen molar-refractivity contribution in [3.63, 3.8) is 0 Å². The molecule has 2 aromatic rings. The standard InChI is InChI=1S/C13H14N2O3S/c1-2-3-4-12(16)15-13-14-8-5-9-10(18-7-17-9)6-11(8)19-13/h5-6H,2-4,7H2,1H3,(H,14,15,16). The molecule has 5 nitrogen and oxygen atoms in total. The second-order valence-electron chi connectivity index (χ2n) is 4.34. The van der Waals surface area contributed by atoms with Crippen LogP contribution in [0.3, 0.4) is 0 Å². The highest BCUT2D eigenvalue weighted by atomic mass is 32.1. The van der Waals surface area contributed by atoms with Gasteiger partial charge in [-0.05, 0) is 6.42 Å². The monoisotopic (exact) mass is 278 g/mol. The van der Waals surface area contributed by atoms with Crippen molar-refractivity contribution in [3.8, 4) is 11.5 Å². The Hall–Kier alpha value is -1.82. The third-order valence-electron chi connectivity index (χ3n) is 2.89. The third kappa shape index (κ3) is 2.49. The van der Waals surface area contributed by atoms with Gasteiger partial charge in [0.15, 0.2) is 16.6 Å². The highest BCUT2D eigenvalue weighted by molar-refractivity contribution is 7.22. The van der Waals surface area contributed by atoms with E-state index in [2.05, 4.69) is 17.2 Å². The minimum absolute atomic E-state index is 0.0148. The molecule has 1 aromatic carbocycles. The van der Waals surface area contributed by atoms with E-state index in [1.165, 1.54) is 11.3 Å². The first-order chi connectivity index (χ1) is 9.26. The maximum absolute atomic E-state index is 11.7. The Bertz CT molecular complexity index is 583. The Morgan fingerprint density at radius 2 is 2.21 bits per heavy atom. The number of nitrogens with one attached hydrogen (secondary N) is 1. The smallest absolute Gasteiger partial charge is 0.231 e. The van der Waals surface area contributed by atoms with Crippen LogP contribution in [-0.4, -0.2) is 17.7 Å². The minimum Gasteiger partial charge on any atom is -0.454 e. The van der Waals surface area contributed by atoms with Gasteiger partial charge in [0.2, 0.25) is 12.7 Å². The molecule has 0 bridgehead atoms. The van der Waals surface area contributed by atoms with Gasteiger partial charge in [0.05, 0.1) is 10.2 Å². The molecule has 0 saturated heterocycles. The molecule has 1 amide bonds. The van der Waals surface area contributed by atoms with Gasteiger partial charge in [0.1, 0.15) is 0 Å². The second-order valence-corrected chi connectivity index (χ2v) is 5.37. The molecular weight excluding hydrogens is 264 g/mol. The zero-order valence-electron chi connectivity index (χ0n) is 10.6. The fraction of sp³-hybridized carbons (Fsp3) is 0.385. The number of amides is 1. The number of anilines is 1. The van der Waals surface area contributed by atoms with Crippen LogP contribution in [0.4, 0.5) is 5.13 Å². The molecule has 100 valence electrons. The molecule has 1 N–H and O–H groups in total. The van der Waals surface area contributed by atoms with Gasteiger partial charge in [0.25, 0.3) is 0 Å². The normalized spacial score (nSPS) is 12.9. The fourth-order valence-corrected chi connectivity index (χ4v) is 2.78. The number of hydrogen-bond acceptors (Lipinski definition) is 5. The van der Waals surface area contributed by atoms with E-state index < -0.39 is 0 Å². The van der Waals surface area contributed by atoms with E-state index in [4.69, 9.17) is 9.47 Å². The largest absolute Gasteiger partial charge is 0.454 e. The van der Waals surface area contributed by atoms with E-state index >= 15 is 0 Å². The van der Waals surface area contributed by atoms with Gasteiger partial charge >= 0.3 is 0 Å². The van der Waals surface area contributed by atoms with Crippen LogP contribution in [0, 0.1) is 0 Å². The van der Waals surface area contributed by atoms with Crippen LogP contribution in [0.15, 0.2) is 12.1 Å². The highest BCUT2D eigenvalue weighted by Crippen LogP contribution is 2.38. The number of aromatic nitrogens is 1. The molecule has 0 spiro atoms. The van der Waals surface area contributed by atoms with Gasteiger partial charge in [-0.25, -0.2) is 4.98 Å².